The lowest BCUT2D eigenvalue weighted by molar-refractivity contribution is -0.387. The zero-order valence-electron chi connectivity index (χ0n) is 16.4. The van der Waals surface area contributed by atoms with Gasteiger partial charge in [-0.1, -0.05) is 24.3 Å². The molecule has 2 atom stereocenters. The average molecular weight is 434 g/mol. The Morgan fingerprint density at radius 1 is 1.03 bits per heavy atom. The van der Waals surface area contributed by atoms with Crippen molar-refractivity contribution in [1.29, 1.82) is 0 Å². The second kappa shape index (κ2) is 10.2. The van der Waals surface area contributed by atoms with E-state index < -0.39 is 52.1 Å². The van der Waals surface area contributed by atoms with Gasteiger partial charge in [0.1, 0.15) is 17.9 Å². The summed E-state index contributed by atoms with van der Waals surface area (Å²) in [6.45, 7) is 1.17. The lowest BCUT2D eigenvalue weighted by Gasteiger charge is -2.22. The molecule has 0 aliphatic rings. The maximum Gasteiger partial charge on any atom is 0.305 e. The Balaban J connectivity index is 2.21. The van der Waals surface area contributed by atoms with Crippen molar-refractivity contribution in [1.82, 2.24) is 10.6 Å². The molecule has 0 unspecified atom stereocenters. The molecule has 0 bridgehead atoms. The van der Waals surface area contributed by atoms with Crippen molar-refractivity contribution < 1.29 is 28.1 Å². The molecule has 31 heavy (non-hydrogen) atoms. The van der Waals surface area contributed by atoms with Crippen LogP contribution in [-0.4, -0.2) is 34.7 Å². The molecule has 0 saturated carbocycles. The molecular formula is C20H20F2N4O5. The van der Waals surface area contributed by atoms with E-state index in [2.05, 4.69) is 10.6 Å². The molecular weight excluding hydrogens is 414 g/mol. The summed E-state index contributed by atoms with van der Waals surface area (Å²) in [5, 5.41) is 15.6. The first kappa shape index (κ1) is 23.4. The number of nitrogens with one attached hydrogen (secondary N) is 2. The van der Waals surface area contributed by atoms with Gasteiger partial charge in [0.2, 0.25) is 23.5 Å². The third kappa shape index (κ3) is 6.56. The Kier molecular flexibility index (Phi) is 7.72. The topological polar surface area (TPSA) is 144 Å². The van der Waals surface area contributed by atoms with Crippen molar-refractivity contribution in [3.63, 3.8) is 0 Å². The highest BCUT2D eigenvalue weighted by Crippen LogP contribution is 2.19. The number of carbonyl (C=O) groups excluding carboxylic acids is 3. The van der Waals surface area contributed by atoms with Gasteiger partial charge >= 0.3 is 5.69 Å². The summed E-state index contributed by atoms with van der Waals surface area (Å²) in [7, 11) is 0. The van der Waals surface area contributed by atoms with Crippen LogP contribution >= 0.6 is 0 Å². The Hall–Kier alpha value is -3.89. The van der Waals surface area contributed by atoms with Crippen molar-refractivity contribution in [2.45, 2.75) is 31.8 Å². The van der Waals surface area contributed by atoms with Crippen LogP contribution in [-0.2, 0) is 27.2 Å². The van der Waals surface area contributed by atoms with E-state index in [9.17, 15) is 33.3 Å². The minimum atomic E-state index is -1.31. The SMILES string of the molecule is CC(=O)N[C@@H](Cc1ccccc1F)C(=O)N[C@@H](Cc1ccc(F)c([N+](=O)[O-])c1)C(N)=O. The number of nitro groups is 1. The van der Waals surface area contributed by atoms with Crippen molar-refractivity contribution >= 4 is 23.4 Å². The number of halogens is 2. The van der Waals surface area contributed by atoms with Gasteiger partial charge < -0.3 is 16.4 Å². The van der Waals surface area contributed by atoms with E-state index in [0.717, 1.165) is 12.1 Å². The normalized spacial score (nSPS) is 12.5. The van der Waals surface area contributed by atoms with Crippen LogP contribution in [0.4, 0.5) is 14.5 Å². The van der Waals surface area contributed by atoms with Gasteiger partial charge in [-0.15, -0.1) is 0 Å². The summed E-state index contributed by atoms with van der Waals surface area (Å²) in [4.78, 5) is 46.0. The molecule has 0 spiro atoms. The van der Waals surface area contributed by atoms with Crippen LogP contribution in [0, 0.1) is 21.7 Å². The highest BCUT2D eigenvalue weighted by atomic mass is 19.1. The van der Waals surface area contributed by atoms with Crippen LogP contribution in [0.3, 0.4) is 0 Å². The molecule has 0 heterocycles. The van der Waals surface area contributed by atoms with Crippen molar-refractivity contribution in [2.75, 3.05) is 0 Å². The van der Waals surface area contributed by atoms with Gasteiger partial charge in [0.05, 0.1) is 4.92 Å². The number of hydrogen-bond donors (Lipinski definition) is 3. The molecule has 2 rings (SSSR count). The standard InChI is InChI=1S/C20H20F2N4O5/c1-11(27)24-17(10-13-4-2-3-5-14(13)21)20(29)25-16(19(23)28)8-12-6-7-15(22)18(9-12)26(30)31/h2-7,9,16-17H,8,10H2,1H3,(H2,23,28)(H,24,27)(H,25,29)/t16-,17-/m0/s1. The van der Waals surface area contributed by atoms with E-state index in [0.29, 0.717) is 0 Å². The molecule has 3 amide bonds. The molecule has 0 fully saturated rings. The lowest BCUT2D eigenvalue weighted by atomic mass is 10.0. The molecule has 4 N–H and O–H groups in total. The van der Waals surface area contributed by atoms with E-state index in [1.54, 1.807) is 6.07 Å². The molecule has 2 aromatic rings. The van der Waals surface area contributed by atoms with Crippen molar-refractivity contribution in [2.24, 2.45) is 5.73 Å². The van der Waals surface area contributed by atoms with E-state index in [1.807, 2.05) is 0 Å². The molecule has 11 heteroatoms. The van der Waals surface area contributed by atoms with Crippen LogP contribution in [0.1, 0.15) is 18.1 Å². The molecule has 0 saturated heterocycles. The van der Waals surface area contributed by atoms with Gasteiger partial charge in [0, 0.05) is 25.8 Å². The summed E-state index contributed by atoms with van der Waals surface area (Å²) < 4.78 is 27.5. The summed E-state index contributed by atoms with van der Waals surface area (Å²) in [5.41, 5.74) is 4.89. The second-order valence-electron chi connectivity index (χ2n) is 6.76. The summed E-state index contributed by atoms with van der Waals surface area (Å²) in [6, 6.07) is 6.18. The lowest BCUT2D eigenvalue weighted by Crippen LogP contribution is -2.54. The molecule has 2 aromatic carbocycles. The monoisotopic (exact) mass is 434 g/mol. The highest BCUT2D eigenvalue weighted by Gasteiger charge is 2.27. The van der Waals surface area contributed by atoms with E-state index in [1.165, 1.54) is 31.2 Å². The highest BCUT2D eigenvalue weighted by molar-refractivity contribution is 5.91. The largest absolute Gasteiger partial charge is 0.368 e. The van der Waals surface area contributed by atoms with Gasteiger partial charge in [-0.2, -0.15) is 4.39 Å². The van der Waals surface area contributed by atoms with Gasteiger partial charge in [0.15, 0.2) is 0 Å². The van der Waals surface area contributed by atoms with Crippen LogP contribution in [0.25, 0.3) is 0 Å². The third-order valence-corrected chi connectivity index (χ3v) is 4.38. The Bertz CT molecular complexity index is 1010. The number of amides is 3. The summed E-state index contributed by atoms with van der Waals surface area (Å²) >= 11 is 0. The van der Waals surface area contributed by atoms with Crippen LogP contribution < -0.4 is 16.4 Å². The predicted molar refractivity (Wildman–Crippen MR) is 106 cm³/mol. The molecule has 0 aliphatic heterocycles. The average Bonchev–Trinajstić information content (AvgIpc) is 2.69. The number of nitro benzene ring substituents is 1. The van der Waals surface area contributed by atoms with Gasteiger partial charge in [-0.3, -0.25) is 24.5 Å². The number of carbonyl (C=O) groups is 3. The minimum absolute atomic E-state index is 0.168. The number of hydrogen-bond acceptors (Lipinski definition) is 5. The van der Waals surface area contributed by atoms with Crippen LogP contribution in [0.2, 0.25) is 0 Å². The van der Waals surface area contributed by atoms with Gasteiger partial charge in [-0.25, -0.2) is 4.39 Å². The van der Waals surface area contributed by atoms with Gasteiger partial charge in [0.25, 0.3) is 0 Å². The zero-order chi connectivity index (χ0) is 23.1. The van der Waals surface area contributed by atoms with E-state index >= 15 is 0 Å². The summed E-state index contributed by atoms with van der Waals surface area (Å²) in [6.07, 6.45) is -0.444. The minimum Gasteiger partial charge on any atom is -0.368 e. The molecule has 0 aromatic heterocycles. The first-order valence-corrected chi connectivity index (χ1v) is 9.11. The van der Waals surface area contributed by atoms with Gasteiger partial charge in [-0.05, 0) is 23.3 Å². The predicted octanol–water partition coefficient (Wildman–Crippen LogP) is 1.13. The molecule has 9 nitrogen and oxygen atoms in total. The molecule has 164 valence electrons. The fraction of sp³-hybridized carbons (Fsp3) is 0.250. The number of rotatable bonds is 9. The van der Waals surface area contributed by atoms with Crippen molar-refractivity contribution in [3.8, 4) is 0 Å². The van der Waals surface area contributed by atoms with E-state index in [4.69, 9.17) is 5.73 Å². The molecule has 0 radical (unpaired) electrons. The Labute approximate surface area is 175 Å². The first-order valence-electron chi connectivity index (χ1n) is 9.11. The van der Waals surface area contributed by atoms with E-state index in [-0.39, 0.29) is 24.0 Å². The quantitative estimate of drug-likeness (QED) is 0.400. The number of primary amides is 1. The maximum atomic E-state index is 14.0. The second-order valence-corrected chi connectivity index (χ2v) is 6.76. The smallest absolute Gasteiger partial charge is 0.305 e. The first-order chi connectivity index (χ1) is 14.6. The fourth-order valence-corrected chi connectivity index (χ4v) is 2.89. The number of nitrogens with zero attached hydrogens (tertiary/aromatic N) is 1. The third-order valence-electron chi connectivity index (χ3n) is 4.38. The Morgan fingerprint density at radius 3 is 2.29 bits per heavy atom. The number of benzene rings is 2. The zero-order valence-corrected chi connectivity index (χ0v) is 16.4. The molecule has 0 aliphatic carbocycles. The van der Waals surface area contributed by atoms with Crippen molar-refractivity contribution in [3.05, 3.63) is 75.3 Å². The fourth-order valence-electron chi connectivity index (χ4n) is 2.89. The maximum absolute atomic E-state index is 14.0. The number of nitrogens with two attached hydrogens (primary N) is 1. The van der Waals surface area contributed by atoms with Crippen LogP contribution in [0.15, 0.2) is 42.5 Å². The Morgan fingerprint density at radius 2 is 1.71 bits per heavy atom. The summed E-state index contributed by atoms with van der Waals surface area (Å²) in [5.74, 6) is -3.94. The van der Waals surface area contributed by atoms with Crippen LogP contribution in [0.5, 0.6) is 0 Å².